The van der Waals surface area contributed by atoms with Gasteiger partial charge in [-0.1, -0.05) is 38.1 Å². The van der Waals surface area contributed by atoms with Crippen LogP contribution in [0.1, 0.15) is 91.1 Å². The first-order valence-corrected chi connectivity index (χ1v) is 13.2. The summed E-state index contributed by atoms with van der Waals surface area (Å²) >= 11 is 0. The number of ether oxygens (including phenoxy) is 3. The molecule has 1 aromatic carbocycles. The Hall–Kier alpha value is -2.35. The van der Waals surface area contributed by atoms with Crippen molar-refractivity contribution in [2.45, 2.75) is 112 Å². The molecule has 1 aromatic heterocycles. The van der Waals surface area contributed by atoms with E-state index >= 15 is 0 Å². The molecule has 1 aliphatic rings. The summed E-state index contributed by atoms with van der Waals surface area (Å²) in [5.74, 6) is 1.36. The van der Waals surface area contributed by atoms with Gasteiger partial charge in [0.1, 0.15) is 5.75 Å². The molecule has 7 heteroatoms. The highest BCUT2D eigenvalue weighted by Crippen LogP contribution is 2.30. The smallest absolute Gasteiger partial charge is 0.238 e. The summed E-state index contributed by atoms with van der Waals surface area (Å²) in [5, 5.41) is 24.2. The van der Waals surface area contributed by atoms with Gasteiger partial charge in [0, 0.05) is 36.6 Å². The zero-order valence-corrected chi connectivity index (χ0v) is 23.7. The first-order chi connectivity index (χ1) is 17.2. The van der Waals surface area contributed by atoms with Crippen molar-refractivity contribution in [2.24, 2.45) is 0 Å². The van der Waals surface area contributed by atoms with Crippen LogP contribution in [0, 0.1) is 6.92 Å². The number of hydrogen-bond donors (Lipinski definition) is 2. The lowest BCUT2D eigenvalue weighted by atomic mass is 10.0. The minimum Gasteiger partial charge on any atom is -0.491 e. The molecular weight excluding hydrogens is 456 g/mol. The van der Waals surface area contributed by atoms with E-state index in [4.69, 9.17) is 14.2 Å². The number of aliphatic hydroxyl groups is 2. The van der Waals surface area contributed by atoms with Crippen molar-refractivity contribution in [3.05, 3.63) is 53.2 Å². The van der Waals surface area contributed by atoms with Gasteiger partial charge in [0.2, 0.25) is 12.2 Å². The van der Waals surface area contributed by atoms with E-state index in [0.717, 1.165) is 22.6 Å². The molecule has 204 valence electrons. The van der Waals surface area contributed by atoms with Crippen molar-refractivity contribution in [3.63, 3.8) is 0 Å². The zero-order valence-electron chi connectivity index (χ0n) is 23.7. The Labute approximate surface area is 218 Å². The van der Waals surface area contributed by atoms with E-state index < -0.39 is 18.5 Å². The zero-order chi connectivity index (χ0) is 27.3. The van der Waals surface area contributed by atoms with Crippen LogP contribution >= 0.6 is 0 Å². The van der Waals surface area contributed by atoms with Gasteiger partial charge >= 0.3 is 0 Å². The van der Waals surface area contributed by atoms with Gasteiger partial charge in [-0.25, -0.2) is 0 Å². The van der Waals surface area contributed by atoms with Crippen LogP contribution in [0.4, 0.5) is 0 Å². The quantitative estimate of drug-likeness (QED) is 0.429. The molecule has 0 aliphatic carbocycles. The van der Waals surface area contributed by atoms with E-state index in [2.05, 4.69) is 31.1 Å². The lowest BCUT2D eigenvalue weighted by molar-refractivity contribution is -0.186. The SMILES string of the molecule is C/C=C\C.CC.Cc1c(Cc2ccc(OC(C)C)cc2)c(OC2CC(O)CC(CO)O2)nn1C(C)C. The number of benzene rings is 1. The van der Waals surface area contributed by atoms with E-state index in [1.165, 1.54) is 0 Å². The van der Waals surface area contributed by atoms with Crippen LogP contribution in [-0.2, 0) is 11.2 Å². The Morgan fingerprint density at radius 3 is 2.19 bits per heavy atom. The summed E-state index contributed by atoms with van der Waals surface area (Å²) in [5.41, 5.74) is 3.16. The molecule has 1 fully saturated rings. The molecule has 0 amide bonds. The lowest BCUT2D eigenvalue weighted by Crippen LogP contribution is -2.40. The predicted molar refractivity (Wildman–Crippen MR) is 146 cm³/mol. The maximum atomic E-state index is 10.1. The molecule has 0 radical (unpaired) electrons. The van der Waals surface area contributed by atoms with E-state index in [9.17, 15) is 10.2 Å². The standard InChI is InChI=1S/C23H34N2O5.C4H8.C2H6/c1-14(2)25-16(5)21(10-17-6-8-19(9-7-17)28-15(3)4)23(24-25)30-22-12-18(27)11-20(13-26)29-22;1-3-4-2;1-2/h6-9,14-15,18,20,22,26-27H,10-13H2,1-5H3;3-4H,1-2H3;1-2H3/b;4-3-;. The highest BCUT2D eigenvalue weighted by Gasteiger charge is 2.31. The summed E-state index contributed by atoms with van der Waals surface area (Å²) < 4.78 is 19.6. The molecule has 2 heterocycles. The molecule has 0 spiro atoms. The second-order valence-electron chi connectivity index (χ2n) is 9.17. The monoisotopic (exact) mass is 504 g/mol. The van der Waals surface area contributed by atoms with Crippen LogP contribution < -0.4 is 9.47 Å². The van der Waals surface area contributed by atoms with E-state index in [1.54, 1.807) is 0 Å². The molecule has 1 aliphatic heterocycles. The third-order valence-electron chi connectivity index (χ3n) is 5.53. The van der Waals surface area contributed by atoms with Gasteiger partial charge < -0.3 is 24.4 Å². The molecule has 1 saturated heterocycles. The minimum atomic E-state index is -0.638. The van der Waals surface area contributed by atoms with Crippen molar-refractivity contribution in [3.8, 4) is 11.6 Å². The minimum absolute atomic E-state index is 0.135. The summed E-state index contributed by atoms with van der Waals surface area (Å²) in [4.78, 5) is 0. The topological polar surface area (TPSA) is 86.0 Å². The maximum Gasteiger partial charge on any atom is 0.238 e. The fraction of sp³-hybridized carbons (Fsp3) is 0.621. The Kier molecular flexibility index (Phi) is 14.4. The Balaban J connectivity index is 0.000000982. The third-order valence-corrected chi connectivity index (χ3v) is 5.53. The van der Waals surface area contributed by atoms with Gasteiger partial charge in [0.15, 0.2) is 0 Å². The first kappa shape index (κ1) is 31.7. The second kappa shape index (κ2) is 16.4. The molecule has 36 heavy (non-hydrogen) atoms. The predicted octanol–water partition coefficient (Wildman–Crippen LogP) is 6.00. The molecule has 0 bridgehead atoms. The second-order valence-corrected chi connectivity index (χ2v) is 9.17. The fourth-order valence-corrected chi connectivity index (χ4v) is 3.75. The van der Waals surface area contributed by atoms with Crippen molar-refractivity contribution in [1.29, 1.82) is 0 Å². The molecule has 3 rings (SSSR count). The first-order valence-electron chi connectivity index (χ1n) is 13.2. The Bertz CT molecular complexity index is 886. The van der Waals surface area contributed by atoms with Crippen LogP contribution in [0.3, 0.4) is 0 Å². The maximum absolute atomic E-state index is 10.1. The number of nitrogens with zero attached hydrogens (tertiary/aromatic N) is 2. The fourth-order valence-electron chi connectivity index (χ4n) is 3.75. The Morgan fingerprint density at radius 1 is 1.08 bits per heavy atom. The summed E-state index contributed by atoms with van der Waals surface area (Å²) in [6.07, 6.45) is 3.93. The average molecular weight is 505 g/mol. The molecule has 0 saturated carbocycles. The van der Waals surface area contributed by atoms with Crippen LogP contribution in [0.25, 0.3) is 0 Å². The van der Waals surface area contributed by atoms with E-state index in [1.807, 2.05) is 77.4 Å². The van der Waals surface area contributed by atoms with Crippen molar-refractivity contribution in [1.82, 2.24) is 9.78 Å². The van der Waals surface area contributed by atoms with Crippen LogP contribution in [-0.4, -0.2) is 51.2 Å². The molecule has 7 nitrogen and oxygen atoms in total. The summed E-state index contributed by atoms with van der Waals surface area (Å²) in [7, 11) is 0. The third kappa shape index (κ3) is 9.96. The highest BCUT2D eigenvalue weighted by molar-refractivity contribution is 5.38. The summed E-state index contributed by atoms with van der Waals surface area (Å²) in [6.45, 7) is 18.1. The van der Waals surface area contributed by atoms with Gasteiger partial charge in [0.05, 0.1) is 24.9 Å². The van der Waals surface area contributed by atoms with Crippen LogP contribution in [0.2, 0.25) is 0 Å². The molecule has 3 atom stereocenters. The van der Waals surface area contributed by atoms with Gasteiger partial charge in [-0.15, -0.1) is 5.10 Å². The van der Waals surface area contributed by atoms with Gasteiger partial charge in [0.25, 0.3) is 0 Å². The number of allylic oxidation sites excluding steroid dienone is 2. The molecule has 2 N–H and O–H groups in total. The molecule has 3 unspecified atom stereocenters. The number of aliphatic hydroxyl groups excluding tert-OH is 2. The molecular formula is C29H48N2O5. The number of aromatic nitrogens is 2. The largest absolute Gasteiger partial charge is 0.491 e. The average Bonchev–Trinajstić information content (AvgIpc) is 3.16. The Morgan fingerprint density at radius 2 is 1.69 bits per heavy atom. The van der Waals surface area contributed by atoms with E-state index in [0.29, 0.717) is 25.1 Å². The number of hydrogen-bond acceptors (Lipinski definition) is 6. The van der Waals surface area contributed by atoms with E-state index in [-0.39, 0.29) is 18.8 Å². The number of rotatable bonds is 8. The van der Waals surface area contributed by atoms with Crippen LogP contribution in [0.15, 0.2) is 36.4 Å². The van der Waals surface area contributed by atoms with Crippen LogP contribution in [0.5, 0.6) is 11.6 Å². The highest BCUT2D eigenvalue weighted by atomic mass is 16.7. The summed E-state index contributed by atoms with van der Waals surface area (Å²) in [6, 6.07) is 8.24. The lowest BCUT2D eigenvalue weighted by Gasteiger charge is -2.31. The van der Waals surface area contributed by atoms with Crippen molar-refractivity contribution < 1.29 is 24.4 Å². The normalized spacial score (nSPS) is 19.5. The van der Waals surface area contributed by atoms with Gasteiger partial charge in [-0.05, 0) is 66.2 Å². The van der Waals surface area contributed by atoms with Gasteiger partial charge in [-0.2, -0.15) is 0 Å². The molecule has 2 aromatic rings. The van der Waals surface area contributed by atoms with Crippen molar-refractivity contribution >= 4 is 0 Å². The van der Waals surface area contributed by atoms with Crippen molar-refractivity contribution in [2.75, 3.05) is 6.61 Å². The van der Waals surface area contributed by atoms with Gasteiger partial charge in [-0.3, -0.25) is 4.68 Å².